The molecule has 2 N–H and O–H groups in total. The van der Waals surface area contributed by atoms with E-state index in [-0.39, 0.29) is 5.69 Å². The largest absolute Gasteiger partial charge is 0.464 e. The molecule has 1 unspecified atom stereocenters. The SMILES string of the molecule is COC(=O)c1cnc(NC2CCNC2)cn1. The summed E-state index contributed by atoms with van der Waals surface area (Å²) in [6.45, 7) is 1.95. The third-order valence-electron chi connectivity index (χ3n) is 2.46. The standard InChI is InChI=1S/C10H14N4O2/c1-16-10(15)8-5-13-9(6-12-8)14-7-2-3-11-4-7/h5-7,11H,2-4H2,1H3,(H,13,14). The number of nitrogens with zero attached hydrogens (tertiary/aromatic N) is 2. The number of hydrogen-bond acceptors (Lipinski definition) is 6. The van der Waals surface area contributed by atoms with Crippen LogP contribution in [0.15, 0.2) is 12.4 Å². The topological polar surface area (TPSA) is 76.1 Å². The van der Waals surface area contributed by atoms with Gasteiger partial charge in [0.15, 0.2) is 5.69 Å². The first-order valence-electron chi connectivity index (χ1n) is 5.17. The maximum atomic E-state index is 11.1. The quantitative estimate of drug-likeness (QED) is 0.703. The molecule has 0 amide bonds. The second-order valence-corrected chi connectivity index (χ2v) is 3.61. The van der Waals surface area contributed by atoms with Crippen molar-refractivity contribution in [2.45, 2.75) is 12.5 Å². The van der Waals surface area contributed by atoms with Crippen molar-refractivity contribution < 1.29 is 9.53 Å². The fourth-order valence-electron chi connectivity index (χ4n) is 1.60. The predicted molar refractivity (Wildman–Crippen MR) is 58.3 cm³/mol. The fourth-order valence-corrected chi connectivity index (χ4v) is 1.60. The maximum Gasteiger partial charge on any atom is 0.358 e. The molecule has 0 radical (unpaired) electrons. The molecule has 6 heteroatoms. The van der Waals surface area contributed by atoms with Crippen LogP contribution in [0.25, 0.3) is 0 Å². The fraction of sp³-hybridized carbons (Fsp3) is 0.500. The molecule has 1 aliphatic rings. The molecule has 1 fully saturated rings. The van der Waals surface area contributed by atoms with Crippen molar-refractivity contribution in [1.82, 2.24) is 15.3 Å². The van der Waals surface area contributed by atoms with E-state index in [1.165, 1.54) is 13.3 Å². The summed E-state index contributed by atoms with van der Waals surface area (Å²) in [4.78, 5) is 19.2. The number of hydrogen-bond donors (Lipinski definition) is 2. The van der Waals surface area contributed by atoms with Gasteiger partial charge in [-0.15, -0.1) is 0 Å². The van der Waals surface area contributed by atoms with Crippen molar-refractivity contribution >= 4 is 11.8 Å². The number of nitrogens with one attached hydrogen (secondary N) is 2. The molecule has 0 bridgehead atoms. The number of carbonyl (C=O) groups excluding carboxylic acids is 1. The van der Waals surface area contributed by atoms with E-state index in [0.29, 0.717) is 11.9 Å². The van der Waals surface area contributed by atoms with E-state index in [1.807, 2.05) is 0 Å². The minimum Gasteiger partial charge on any atom is -0.464 e. The molecule has 86 valence electrons. The minimum absolute atomic E-state index is 0.220. The van der Waals surface area contributed by atoms with Crippen molar-refractivity contribution in [2.75, 3.05) is 25.5 Å². The molecular weight excluding hydrogens is 208 g/mol. The Morgan fingerprint density at radius 2 is 2.44 bits per heavy atom. The first-order chi connectivity index (χ1) is 7.79. The summed E-state index contributed by atoms with van der Waals surface area (Å²) in [7, 11) is 1.32. The van der Waals surface area contributed by atoms with Crippen LogP contribution < -0.4 is 10.6 Å². The number of methoxy groups -OCH3 is 1. The molecule has 6 nitrogen and oxygen atoms in total. The molecule has 16 heavy (non-hydrogen) atoms. The van der Waals surface area contributed by atoms with Gasteiger partial charge in [0.25, 0.3) is 0 Å². The van der Waals surface area contributed by atoms with Crippen molar-refractivity contribution in [1.29, 1.82) is 0 Å². The minimum atomic E-state index is -0.471. The molecule has 1 aromatic rings. The lowest BCUT2D eigenvalue weighted by Crippen LogP contribution is -2.22. The van der Waals surface area contributed by atoms with E-state index in [1.54, 1.807) is 6.20 Å². The van der Waals surface area contributed by atoms with Crippen LogP contribution in [0, 0.1) is 0 Å². The zero-order chi connectivity index (χ0) is 11.4. The second kappa shape index (κ2) is 4.89. The Hall–Kier alpha value is -1.69. The average molecular weight is 222 g/mol. The molecule has 0 aliphatic carbocycles. The maximum absolute atomic E-state index is 11.1. The number of esters is 1. The molecule has 2 rings (SSSR count). The Morgan fingerprint density at radius 3 is 3.00 bits per heavy atom. The summed E-state index contributed by atoms with van der Waals surface area (Å²) in [6.07, 6.45) is 4.03. The van der Waals surface area contributed by atoms with Gasteiger partial charge in [0.2, 0.25) is 0 Å². The van der Waals surface area contributed by atoms with Gasteiger partial charge in [-0.2, -0.15) is 0 Å². The molecule has 0 spiro atoms. The van der Waals surface area contributed by atoms with Gasteiger partial charge in [0.05, 0.1) is 19.5 Å². The van der Waals surface area contributed by atoms with Gasteiger partial charge in [-0.3, -0.25) is 0 Å². The third-order valence-corrected chi connectivity index (χ3v) is 2.46. The van der Waals surface area contributed by atoms with Crippen molar-refractivity contribution in [3.63, 3.8) is 0 Å². The Morgan fingerprint density at radius 1 is 1.56 bits per heavy atom. The van der Waals surface area contributed by atoms with Gasteiger partial charge in [0, 0.05) is 12.6 Å². The lowest BCUT2D eigenvalue weighted by Gasteiger charge is -2.11. The highest BCUT2D eigenvalue weighted by atomic mass is 16.5. The van der Waals surface area contributed by atoms with E-state index in [0.717, 1.165) is 19.5 Å². The van der Waals surface area contributed by atoms with Crippen LogP contribution in [0.5, 0.6) is 0 Å². The molecular formula is C10H14N4O2. The van der Waals surface area contributed by atoms with Gasteiger partial charge >= 0.3 is 5.97 Å². The summed E-state index contributed by atoms with van der Waals surface area (Å²) in [5.74, 6) is 0.211. The van der Waals surface area contributed by atoms with Gasteiger partial charge in [-0.25, -0.2) is 14.8 Å². The van der Waals surface area contributed by atoms with Crippen LogP contribution >= 0.6 is 0 Å². The summed E-state index contributed by atoms with van der Waals surface area (Å²) in [5, 5.41) is 6.48. The van der Waals surface area contributed by atoms with Crippen LogP contribution in [0.4, 0.5) is 5.82 Å². The van der Waals surface area contributed by atoms with E-state index in [2.05, 4.69) is 25.3 Å². The highest BCUT2D eigenvalue weighted by Gasteiger charge is 2.15. The Bertz CT molecular complexity index is 360. The normalized spacial score (nSPS) is 19.4. The monoisotopic (exact) mass is 222 g/mol. The van der Waals surface area contributed by atoms with E-state index in [9.17, 15) is 4.79 Å². The van der Waals surface area contributed by atoms with Crippen LogP contribution in [0.2, 0.25) is 0 Å². The van der Waals surface area contributed by atoms with Gasteiger partial charge in [0.1, 0.15) is 5.82 Å². The second-order valence-electron chi connectivity index (χ2n) is 3.61. The molecule has 1 saturated heterocycles. The number of ether oxygens (including phenoxy) is 1. The van der Waals surface area contributed by atoms with Gasteiger partial charge in [-0.1, -0.05) is 0 Å². The Balaban J connectivity index is 1.98. The van der Waals surface area contributed by atoms with Crippen molar-refractivity contribution in [3.8, 4) is 0 Å². The molecule has 2 heterocycles. The first kappa shape index (κ1) is 10.8. The summed E-state index contributed by atoms with van der Waals surface area (Å²) >= 11 is 0. The average Bonchev–Trinajstić information content (AvgIpc) is 2.82. The molecule has 1 atom stereocenters. The Kier molecular flexibility index (Phi) is 3.31. The molecule has 1 aliphatic heterocycles. The summed E-state index contributed by atoms with van der Waals surface area (Å²) < 4.78 is 4.54. The number of aromatic nitrogens is 2. The van der Waals surface area contributed by atoms with Gasteiger partial charge < -0.3 is 15.4 Å². The van der Waals surface area contributed by atoms with Crippen molar-refractivity contribution in [2.24, 2.45) is 0 Å². The van der Waals surface area contributed by atoms with Crippen molar-refractivity contribution in [3.05, 3.63) is 18.1 Å². The number of carbonyl (C=O) groups is 1. The van der Waals surface area contributed by atoms with E-state index >= 15 is 0 Å². The highest BCUT2D eigenvalue weighted by molar-refractivity contribution is 5.86. The number of anilines is 1. The lowest BCUT2D eigenvalue weighted by atomic mass is 10.2. The van der Waals surface area contributed by atoms with Crippen LogP contribution in [-0.4, -0.2) is 42.2 Å². The first-order valence-corrected chi connectivity index (χ1v) is 5.17. The third kappa shape index (κ3) is 2.46. The highest BCUT2D eigenvalue weighted by Crippen LogP contribution is 2.07. The smallest absolute Gasteiger partial charge is 0.358 e. The number of rotatable bonds is 3. The molecule has 0 saturated carbocycles. The van der Waals surface area contributed by atoms with Crippen LogP contribution in [0.3, 0.4) is 0 Å². The van der Waals surface area contributed by atoms with Crippen LogP contribution in [0.1, 0.15) is 16.9 Å². The lowest BCUT2D eigenvalue weighted by molar-refractivity contribution is 0.0593. The van der Waals surface area contributed by atoms with E-state index in [4.69, 9.17) is 0 Å². The predicted octanol–water partition coefficient (Wildman–Crippen LogP) is 0.0370. The Labute approximate surface area is 93.4 Å². The van der Waals surface area contributed by atoms with Gasteiger partial charge in [-0.05, 0) is 13.0 Å². The van der Waals surface area contributed by atoms with Crippen LogP contribution in [-0.2, 0) is 4.74 Å². The zero-order valence-electron chi connectivity index (χ0n) is 9.06. The zero-order valence-corrected chi connectivity index (χ0v) is 9.06. The van der Waals surface area contributed by atoms with E-state index < -0.39 is 5.97 Å². The molecule has 0 aromatic carbocycles. The summed E-state index contributed by atoms with van der Waals surface area (Å²) in [6, 6.07) is 0.387. The molecule has 1 aromatic heterocycles. The summed E-state index contributed by atoms with van der Waals surface area (Å²) in [5.41, 5.74) is 0.220.